The van der Waals surface area contributed by atoms with Crippen LogP contribution in [0.2, 0.25) is 5.02 Å². The number of ketones is 1. The van der Waals surface area contributed by atoms with Gasteiger partial charge in [0.1, 0.15) is 11.6 Å². The highest BCUT2D eigenvalue weighted by Crippen LogP contribution is 2.35. The molecule has 130 valence electrons. The molecule has 6 heteroatoms. The molecular weight excluding hydrogens is 361 g/mol. The van der Waals surface area contributed by atoms with E-state index in [1.54, 1.807) is 24.3 Å². The number of alkyl halides is 1. The number of hydrogen-bond acceptors (Lipinski definition) is 3. The van der Waals surface area contributed by atoms with E-state index in [-0.39, 0.29) is 17.6 Å². The summed E-state index contributed by atoms with van der Waals surface area (Å²) in [6, 6.07) is 10.6. The zero-order valence-electron chi connectivity index (χ0n) is 13.7. The van der Waals surface area contributed by atoms with E-state index in [0.717, 1.165) is 18.4 Å². The number of ether oxygens (including phenoxy) is 1. The molecule has 0 radical (unpaired) electrons. The minimum Gasteiger partial charge on any atom is -0.495 e. The highest BCUT2D eigenvalue weighted by atomic mass is 35.5. The second-order valence-electron chi connectivity index (χ2n) is 5.80. The van der Waals surface area contributed by atoms with Crippen molar-refractivity contribution >= 4 is 46.3 Å². The molecule has 1 aliphatic carbocycles. The highest BCUT2D eigenvalue weighted by Gasteiger charge is 2.23. The standard InChI is InChI=1S/C19H17Cl2NO3/c1-25-18-8-7-14(10-16(18)21)22(19(24)11-20)13-6-5-12-3-2-4-17(23)15(12)9-13/h5-10H,2-4,11H2,1H3. The van der Waals surface area contributed by atoms with Crippen molar-refractivity contribution in [2.45, 2.75) is 19.3 Å². The lowest BCUT2D eigenvalue weighted by molar-refractivity contribution is -0.115. The molecule has 4 nitrogen and oxygen atoms in total. The average molecular weight is 378 g/mol. The maximum Gasteiger partial charge on any atom is 0.246 e. The molecule has 1 amide bonds. The fourth-order valence-corrected chi connectivity index (χ4v) is 3.42. The number of anilines is 2. The molecule has 1 aliphatic rings. The molecule has 0 fully saturated rings. The summed E-state index contributed by atoms with van der Waals surface area (Å²) in [7, 11) is 1.53. The van der Waals surface area contributed by atoms with Gasteiger partial charge in [0.15, 0.2) is 5.78 Å². The zero-order chi connectivity index (χ0) is 18.0. The quantitative estimate of drug-likeness (QED) is 0.720. The largest absolute Gasteiger partial charge is 0.495 e. The molecule has 2 aromatic carbocycles. The molecule has 25 heavy (non-hydrogen) atoms. The number of hydrogen-bond donors (Lipinski definition) is 0. The molecule has 3 rings (SSSR count). The predicted molar refractivity (Wildman–Crippen MR) is 99.6 cm³/mol. The molecule has 2 aromatic rings. The zero-order valence-corrected chi connectivity index (χ0v) is 15.2. The van der Waals surface area contributed by atoms with Crippen molar-refractivity contribution < 1.29 is 14.3 Å². The normalized spacial score (nSPS) is 13.3. The maximum atomic E-state index is 12.5. The Balaban J connectivity index is 2.08. The lowest BCUT2D eigenvalue weighted by Crippen LogP contribution is -2.27. The second kappa shape index (κ2) is 7.46. The van der Waals surface area contributed by atoms with Gasteiger partial charge in [0.25, 0.3) is 0 Å². The van der Waals surface area contributed by atoms with Crippen molar-refractivity contribution in [1.82, 2.24) is 0 Å². The molecule has 0 unspecified atom stereocenters. The molecule has 0 saturated heterocycles. The number of carbonyl (C=O) groups is 2. The Bertz CT molecular complexity index is 835. The number of halogens is 2. The van der Waals surface area contributed by atoms with Crippen LogP contribution in [0.3, 0.4) is 0 Å². The van der Waals surface area contributed by atoms with E-state index in [2.05, 4.69) is 0 Å². The van der Waals surface area contributed by atoms with Crippen LogP contribution in [-0.2, 0) is 11.2 Å². The van der Waals surface area contributed by atoms with Gasteiger partial charge in [0.05, 0.1) is 17.8 Å². The van der Waals surface area contributed by atoms with Crippen molar-refractivity contribution in [3.8, 4) is 5.75 Å². The topological polar surface area (TPSA) is 46.6 Å². The number of benzene rings is 2. The minimum atomic E-state index is -0.300. The SMILES string of the molecule is COc1ccc(N(C(=O)CCl)c2ccc3c(c2)C(=O)CCC3)cc1Cl. The summed E-state index contributed by atoms with van der Waals surface area (Å²) in [5, 5.41) is 0.390. The van der Waals surface area contributed by atoms with Crippen LogP contribution in [0.5, 0.6) is 5.75 Å². The first kappa shape index (κ1) is 17.8. The van der Waals surface area contributed by atoms with Crippen LogP contribution in [0, 0.1) is 0 Å². The fourth-order valence-electron chi connectivity index (χ4n) is 3.05. The molecule has 0 bridgehead atoms. The smallest absolute Gasteiger partial charge is 0.246 e. The number of fused-ring (bicyclic) bond motifs is 1. The summed E-state index contributed by atoms with van der Waals surface area (Å²) >= 11 is 12.0. The van der Waals surface area contributed by atoms with Crippen LogP contribution in [0.15, 0.2) is 36.4 Å². The summed E-state index contributed by atoms with van der Waals surface area (Å²) < 4.78 is 5.15. The van der Waals surface area contributed by atoms with Crippen molar-refractivity contribution in [1.29, 1.82) is 0 Å². The number of Topliss-reactive ketones (excluding diaryl/α,β-unsaturated/α-hetero) is 1. The summed E-state index contributed by atoms with van der Waals surface area (Å²) in [6.07, 6.45) is 2.27. The van der Waals surface area contributed by atoms with Crippen LogP contribution in [-0.4, -0.2) is 24.7 Å². The van der Waals surface area contributed by atoms with Gasteiger partial charge in [-0.2, -0.15) is 0 Å². The third-order valence-electron chi connectivity index (χ3n) is 4.26. The first-order valence-electron chi connectivity index (χ1n) is 7.93. The van der Waals surface area contributed by atoms with Crippen LogP contribution >= 0.6 is 23.2 Å². The van der Waals surface area contributed by atoms with Gasteiger partial charge < -0.3 is 4.74 Å². The molecule has 0 aromatic heterocycles. The number of aryl methyl sites for hydroxylation is 1. The monoisotopic (exact) mass is 377 g/mol. The second-order valence-corrected chi connectivity index (χ2v) is 6.47. The lowest BCUT2D eigenvalue weighted by Gasteiger charge is -2.25. The number of rotatable bonds is 4. The van der Waals surface area contributed by atoms with Crippen LogP contribution in [0.1, 0.15) is 28.8 Å². The third-order valence-corrected chi connectivity index (χ3v) is 4.78. The van der Waals surface area contributed by atoms with Gasteiger partial charge >= 0.3 is 0 Å². The minimum absolute atomic E-state index is 0.106. The maximum absolute atomic E-state index is 12.5. The predicted octanol–water partition coefficient (Wildman–Crippen LogP) is 4.77. The Morgan fingerprint density at radius 3 is 2.56 bits per heavy atom. The summed E-state index contributed by atoms with van der Waals surface area (Å²) in [4.78, 5) is 26.1. The number of amides is 1. The van der Waals surface area contributed by atoms with Crippen molar-refractivity contribution in [3.63, 3.8) is 0 Å². The Morgan fingerprint density at radius 1 is 1.16 bits per heavy atom. The van der Waals surface area contributed by atoms with Crippen LogP contribution in [0.25, 0.3) is 0 Å². The van der Waals surface area contributed by atoms with Crippen molar-refractivity contribution in [2.24, 2.45) is 0 Å². The molecule has 0 spiro atoms. The van der Waals surface area contributed by atoms with Gasteiger partial charge in [-0.25, -0.2) is 0 Å². The Kier molecular flexibility index (Phi) is 5.30. The molecule has 0 atom stereocenters. The Morgan fingerprint density at radius 2 is 1.88 bits per heavy atom. The summed E-state index contributed by atoms with van der Waals surface area (Å²) in [5.41, 5.74) is 2.86. The molecule has 0 heterocycles. The van der Waals surface area contributed by atoms with E-state index in [1.807, 2.05) is 12.1 Å². The van der Waals surface area contributed by atoms with E-state index in [9.17, 15) is 9.59 Å². The van der Waals surface area contributed by atoms with E-state index >= 15 is 0 Å². The van der Waals surface area contributed by atoms with E-state index in [1.165, 1.54) is 12.0 Å². The summed E-state index contributed by atoms with van der Waals surface area (Å²) in [6.45, 7) is 0. The van der Waals surface area contributed by atoms with Crippen molar-refractivity contribution in [3.05, 3.63) is 52.5 Å². The lowest BCUT2D eigenvalue weighted by atomic mass is 9.90. The van der Waals surface area contributed by atoms with Gasteiger partial charge in [-0.3, -0.25) is 14.5 Å². The van der Waals surface area contributed by atoms with E-state index in [4.69, 9.17) is 27.9 Å². The first-order valence-corrected chi connectivity index (χ1v) is 8.85. The molecule has 0 N–H and O–H groups in total. The van der Waals surface area contributed by atoms with Crippen molar-refractivity contribution in [2.75, 3.05) is 17.9 Å². The van der Waals surface area contributed by atoms with Crippen LogP contribution < -0.4 is 9.64 Å². The number of nitrogens with zero attached hydrogens (tertiary/aromatic N) is 1. The number of carbonyl (C=O) groups excluding carboxylic acids is 2. The van der Waals surface area contributed by atoms with Gasteiger partial charge in [-0.05, 0) is 48.7 Å². The highest BCUT2D eigenvalue weighted by molar-refractivity contribution is 6.33. The fraction of sp³-hybridized carbons (Fsp3) is 0.263. The number of methoxy groups -OCH3 is 1. The molecule has 0 aliphatic heterocycles. The average Bonchev–Trinajstić information content (AvgIpc) is 2.62. The van der Waals surface area contributed by atoms with E-state index in [0.29, 0.717) is 34.1 Å². The van der Waals surface area contributed by atoms with E-state index < -0.39 is 0 Å². The van der Waals surface area contributed by atoms with Crippen LogP contribution in [0.4, 0.5) is 11.4 Å². The van der Waals surface area contributed by atoms with Gasteiger partial charge in [-0.15, -0.1) is 11.6 Å². The molecule has 0 saturated carbocycles. The molecular formula is C19H17Cl2NO3. The summed E-state index contributed by atoms with van der Waals surface area (Å²) in [5.74, 6) is 0.138. The third kappa shape index (κ3) is 3.51. The van der Waals surface area contributed by atoms with Gasteiger partial charge in [0.2, 0.25) is 5.91 Å². The Labute approximate surface area is 156 Å². The van der Waals surface area contributed by atoms with Gasteiger partial charge in [-0.1, -0.05) is 17.7 Å². The Hall–Kier alpha value is -2.04. The first-order chi connectivity index (χ1) is 12.0. The van der Waals surface area contributed by atoms with Gasteiger partial charge in [0, 0.05) is 17.7 Å².